The number of hydrogen-bond acceptors (Lipinski definition) is 1. The van der Waals surface area contributed by atoms with Crippen LogP contribution in [0.4, 0.5) is 0 Å². The molecule has 0 N–H and O–H groups in total. The summed E-state index contributed by atoms with van der Waals surface area (Å²) in [5.41, 5.74) is 1.31. The predicted molar refractivity (Wildman–Crippen MR) is 81.3 cm³/mol. The number of hydrogen-bond donors (Lipinski definition) is 0. The van der Waals surface area contributed by atoms with E-state index in [4.69, 9.17) is 4.74 Å². The number of alkyl halides is 1. The molecule has 0 saturated carbocycles. The van der Waals surface area contributed by atoms with Crippen LogP contribution in [0.1, 0.15) is 10.4 Å². The van der Waals surface area contributed by atoms with Gasteiger partial charge in [0.2, 0.25) is 0 Å². The molecule has 1 atom stereocenters. The first-order valence-electron chi connectivity index (χ1n) is 5.75. The van der Waals surface area contributed by atoms with Crippen LogP contribution < -0.4 is 9.20 Å². The molecule has 0 saturated heterocycles. The van der Waals surface area contributed by atoms with Gasteiger partial charge in [0.1, 0.15) is 0 Å². The van der Waals surface area contributed by atoms with Crippen LogP contribution >= 0.6 is 15.9 Å². The minimum absolute atomic E-state index is 0.420. The van der Waals surface area contributed by atoms with E-state index in [1.807, 2.05) is 12.1 Å². The molecule has 0 radical (unpaired) electrons. The molecule has 1 nitrogen and oxygen atoms in total. The van der Waals surface area contributed by atoms with Crippen LogP contribution in [0.5, 0.6) is 5.75 Å². The maximum atomic E-state index is 5.17. The minimum atomic E-state index is 0.420. The zero-order valence-electron chi connectivity index (χ0n) is 10.2. The number of halogens is 1. The Labute approximate surface area is 123 Å². The first kappa shape index (κ1) is 13.7. The fourth-order valence-corrected chi connectivity index (χ4v) is 4.44. The molecule has 0 aromatic heterocycles. The number of benzene rings is 2. The third kappa shape index (κ3) is 3.87. The molecule has 0 aliphatic carbocycles. The van der Waals surface area contributed by atoms with Crippen molar-refractivity contribution in [2.45, 2.75) is 10.1 Å². The van der Waals surface area contributed by atoms with Crippen LogP contribution in [-0.4, -0.2) is 22.1 Å². The van der Waals surface area contributed by atoms with Crippen molar-refractivity contribution >= 4 is 35.3 Å². The molecule has 0 heterocycles. The van der Waals surface area contributed by atoms with Gasteiger partial charge in [-0.15, -0.1) is 0 Å². The van der Waals surface area contributed by atoms with E-state index < -0.39 is 0 Å². The Morgan fingerprint density at radius 3 is 2.33 bits per heavy atom. The van der Waals surface area contributed by atoms with Gasteiger partial charge in [0, 0.05) is 0 Å². The molecule has 2 aromatic carbocycles. The van der Waals surface area contributed by atoms with Gasteiger partial charge in [-0.3, -0.25) is 0 Å². The van der Waals surface area contributed by atoms with Crippen molar-refractivity contribution in [1.29, 1.82) is 0 Å². The molecular weight excluding hydrogens is 355 g/mol. The predicted octanol–water partition coefficient (Wildman–Crippen LogP) is 3.58. The third-order valence-electron chi connectivity index (χ3n) is 2.62. The Kier molecular flexibility index (Phi) is 5.30. The zero-order chi connectivity index (χ0) is 12.8. The van der Waals surface area contributed by atoms with Crippen molar-refractivity contribution in [3.05, 3.63) is 60.2 Å². The maximum absolute atomic E-state index is 5.17. The molecule has 0 fully saturated rings. The molecule has 1 unspecified atom stereocenters. The van der Waals surface area contributed by atoms with E-state index in [-0.39, 0.29) is 0 Å². The Balaban J connectivity index is 1.93. The summed E-state index contributed by atoms with van der Waals surface area (Å²) in [5, 5.41) is 1.16. The third-order valence-corrected chi connectivity index (χ3v) is 6.75. The average Bonchev–Trinajstić information content (AvgIpc) is 2.46. The second-order valence-corrected chi connectivity index (χ2v) is 7.26. The normalized spacial score (nSPS) is 12.1. The molecule has 0 amide bonds. The van der Waals surface area contributed by atoms with Crippen LogP contribution in [0, 0.1) is 0 Å². The SMILES string of the molecule is COc1ccc(C(Br)C[Se]c2ccccc2)cc1. The Morgan fingerprint density at radius 1 is 1.06 bits per heavy atom. The van der Waals surface area contributed by atoms with Gasteiger partial charge in [0.05, 0.1) is 0 Å². The molecule has 2 rings (SSSR count). The fourth-order valence-electron chi connectivity index (χ4n) is 1.60. The summed E-state index contributed by atoms with van der Waals surface area (Å²) in [7, 11) is 1.69. The van der Waals surface area contributed by atoms with E-state index in [0.717, 1.165) is 11.1 Å². The molecule has 0 spiro atoms. The van der Waals surface area contributed by atoms with Crippen molar-refractivity contribution in [3.8, 4) is 5.75 Å². The summed E-state index contributed by atoms with van der Waals surface area (Å²) >= 11 is 4.27. The molecule has 18 heavy (non-hydrogen) atoms. The Morgan fingerprint density at radius 2 is 1.72 bits per heavy atom. The molecular formula is C15H15BrOSe. The average molecular weight is 370 g/mol. The van der Waals surface area contributed by atoms with Crippen LogP contribution in [-0.2, 0) is 0 Å². The van der Waals surface area contributed by atoms with Crippen molar-refractivity contribution in [2.24, 2.45) is 0 Å². The van der Waals surface area contributed by atoms with Gasteiger partial charge in [-0.2, -0.15) is 0 Å². The van der Waals surface area contributed by atoms with E-state index in [0.29, 0.717) is 19.8 Å². The van der Waals surface area contributed by atoms with Crippen LogP contribution in [0.2, 0.25) is 5.32 Å². The van der Waals surface area contributed by atoms with Gasteiger partial charge in [-0.05, 0) is 0 Å². The van der Waals surface area contributed by atoms with Gasteiger partial charge in [0.15, 0.2) is 0 Å². The summed E-state index contributed by atoms with van der Waals surface area (Å²) in [4.78, 5) is 0.420. The van der Waals surface area contributed by atoms with E-state index >= 15 is 0 Å². The van der Waals surface area contributed by atoms with Gasteiger partial charge < -0.3 is 0 Å². The second-order valence-electron chi connectivity index (χ2n) is 3.86. The zero-order valence-corrected chi connectivity index (χ0v) is 13.5. The first-order chi connectivity index (χ1) is 8.79. The molecule has 0 bridgehead atoms. The van der Waals surface area contributed by atoms with Gasteiger partial charge >= 0.3 is 123 Å². The number of methoxy groups -OCH3 is 1. The van der Waals surface area contributed by atoms with Gasteiger partial charge in [0.25, 0.3) is 0 Å². The van der Waals surface area contributed by atoms with Crippen molar-refractivity contribution in [1.82, 2.24) is 0 Å². The van der Waals surface area contributed by atoms with E-state index in [9.17, 15) is 0 Å². The van der Waals surface area contributed by atoms with Crippen molar-refractivity contribution < 1.29 is 4.74 Å². The summed E-state index contributed by atoms with van der Waals surface area (Å²) in [6.45, 7) is 0. The fraction of sp³-hybridized carbons (Fsp3) is 0.200. The monoisotopic (exact) mass is 370 g/mol. The van der Waals surface area contributed by atoms with E-state index in [1.54, 1.807) is 7.11 Å². The first-order valence-corrected chi connectivity index (χ1v) is 8.74. The van der Waals surface area contributed by atoms with Crippen molar-refractivity contribution in [3.63, 3.8) is 0 Å². The van der Waals surface area contributed by atoms with Gasteiger partial charge in [-0.1, -0.05) is 0 Å². The molecule has 94 valence electrons. The second kappa shape index (κ2) is 6.98. The summed E-state index contributed by atoms with van der Waals surface area (Å²) < 4.78 is 6.61. The van der Waals surface area contributed by atoms with E-state index in [1.165, 1.54) is 10.0 Å². The Bertz CT molecular complexity index is 470. The molecule has 2 aromatic rings. The van der Waals surface area contributed by atoms with Gasteiger partial charge in [-0.25, -0.2) is 0 Å². The van der Waals surface area contributed by atoms with Crippen LogP contribution in [0.25, 0.3) is 0 Å². The number of rotatable bonds is 5. The molecule has 3 heteroatoms. The Hall–Kier alpha value is -0.761. The molecule has 0 aliphatic heterocycles. The standard InChI is InChI=1S/C15H15BrOSe/c1-17-13-9-7-12(8-10-13)15(16)11-18-14-5-3-2-4-6-14/h2-10,15H,11H2,1H3. The van der Waals surface area contributed by atoms with Crippen LogP contribution in [0.15, 0.2) is 54.6 Å². The number of ether oxygens (including phenoxy) is 1. The summed E-state index contributed by atoms with van der Waals surface area (Å²) in [6, 6.07) is 19.0. The van der Waals surface area contributed by atoms with Crippen LogP contribution in [0.3, 0.4) is 0 Å². The van der Waals surface area contributed by atoms with E-state index in [2.05, 4.69) is 58.4 Å². The molecule has 0 aliphatic rings. The van der Waals surface area contributed by atoms with Crippen molar-refractivity contribution in [2.75, 3.05) is 7.11 Å². The summed E-state index contributed by atoms with van der Waals surface area (Å²) in [6.07, 6.45) is 0. The summed E-state index contributed by atoms with van der Waals surface area (Å²) in [5.74, 6) is 0.909. The quantitative estimate of drug-likeness (QED) is 0.578. The topological polar surface area (TPSA) is 9.23 Å².